The van der Waals surface area contributed by atoms with Crippen LogP contribution >= 0.6 is 15.9 Å². The van der Waals surface area contributed by atoms with Crippen LogP contribution in [0.2, 0.25) is 0 Å². The van der Waals surface area contributed by atoms with Crippen molar-refractivity contribution in [2.45, 2.75) is 45.3 Å². The monoisotopic (exact) mass is 505 g/mol. The minimum absolute atomic E-state index is 0.00716. The molecule has 0 aromatic heterocycles. The second-order valence-electron chi connectivity index (χ2n) is 8.67. The minimum atomic E-state index is -0.691. The summed E-state index contributed by atoms with van der Waals surface area (Å²) >= 11 is 3.23. The van der Waals surface area contributed by atoms with E-state index in [0.29, 0.717) is 29.5 Å². The van der Waals surface area contributed by atoms with Gasteiger partial charge in [-0.3, -0.25) is 9.59 Å². The van der Waals surface area contributed by atoms with Gasteiger partial charge in [-0.2, -0.15) is 0 Å². The summed E-state index contributed by atoms with van der Waals surface area (Å²) in [5.41, 5.74) is 0.812. The molecule has 1 amide bonds. The number of carbonyl (C=O) groups excluding carboxylic acids is 2. The van der Waals surface area contributed by atoms with Crippen molar-refractivity contribution in [2.24, 2.45) is 11.8 Å². The van der Waals surface area contributed by atoms with E-state index in [1.54, 1.807) is 18.2 Å². The average molecular weight is 506 g/mol. The quantitative estimate of drug-likeness (QED) is 0.496. The Hall–Kier alpha value is -2.25. The molecule has 0 bridgehead atoms. The number of hydrogen-bond donors (Lipinski definition) is 1. The van der Waals surface area contributed by atoms with Crippen LogP contribution in [-0.4, -0.2) is 30.6 Å². The Balaban J connectivity index is 1.65. The van der Waals surface area contributed by atoms with Crippen molar-refractivity contribution in [3.8, 4) is 0 Å². The maximum Gasteiger partial charge on any atom is 0.306 e. The van der Waals surface area contributed by atoms with Crippen molar-refractivity contribution in [3.05, 3.63) is 69.9 Å². The number of halogens is 2. The number of rotatable bonds is 9. The summed E-state index contributed by atoms with van der Waals surface area (Å²) in [4.78, 5) is 24.6. The van der Waals surface area contributed by atoms with Gasteiger partial charge in [0.1, 0.15) is 19.0 Å². The third-order valence-corrected chi connectivity index (χ3v) is 6.57. The van der Waals surface area contributed by atoms with Crippen molar-refractivity contribution in [1.29, 1.82) is 0 Å². The van der Waals surface area contributed by atoms with Crippen LogP contribution in [0.1, 0.15) is 37.8 Å². The topological polar surface area (TPSA) is 64.6 Å². The highest BCUT2D eigenvalue weighted by Crippen LogP contribution is 2.33. The highest BCUT2D eigenvalue weighted by molar-refractivity contribution is 9.10. The van der Waals surface area contributed by atoms with Crippen LogP contribution in [0.15, 0.2) is 53.0 Å². The predicted molar refractivity (Wildman–Crippen MR) is 123 cm³/mol. The molecular formula is C25H29BrFNO4. The number of carbonyl (C=O) groups is 2. The minimum Gasteiger partial charge on any atom is -0.461 e. The third-order valence-electron chi connectivity index (χ3n) is 5.95. The van der Waals surface area contributed by atoms with Gasteiger partial charge in [-0.1, -0.05) is 56.3 Å². The van der Waals surface area contributed by atoms with Gasteiger partial charge in [0.15, 0.2) is 0 Å². The molecule has 2 aromatic rings. The van der Waals surface area contributed by atoms with Crippen molar-refractivity contribution in [2.75, 3.05) is 13.2 Å². The number of nitrogens with one attached hydrogen (secondary N) is 1. The summed E-state index contributed by atoms with van der Waals surface area (Å²) in [6, 6.07) is 14.7. The number of morpholine rings is 1. The lowest BCUT2D eigenvalue weighted by molar-refractivity contribution is -0.146. The van der Waals surface area contributed by atoms with E-state index in [-0.39, 0.29) is 49.2 Å². The van der Waals surface area contributed by atoms with Crippen LogP contribution in [-0.2, 0) is 32.1 Å². The molecule has 3 unspecified atom stereocenters. The molecule has 0 spiro atoms. The molecule has 32 heavy (non-hydrogen) atoms. The molecule has 2 aromatic carbocycles. The van der Waals surface area contributed by atoms with E-state index in [0.717, 1.165) is 5.56 Å². The highest BCUT2D eigenvalue weighted by Gasteiger charge is 2.42. The van der Waals surface area contributed by atoms with E-state index < -0.39 is 5.54 Å². The van der Waals surface area contributed by atoms with E-state index in [2.05, 4.69) is 21.2 Å². The first-order valence-electron chi connectivity index (χ1n) is 10.8. The SMILES string of the molecule is CC(CC(=O)OCc1ccccc1)CC1(C(C)Cc2cccc(Br)c2F)COCC(=O)N1. The highest BCUT2D eigenvalue weighted by atomic mass is 79.9. The van der Waals surface area contributed by atoms with E-state index >= 15 is 0 Å². The van der Waals surface area contributed by atoms with Gasteiger partial charge in [-0.15, -0.1) is 0 Å². The molecular weight excluding hydrogens is 477 g/mol. The van der Waals surface area contributed by atoms with Crippen molar-refractivity contribution >= 4 is 27.8 Å². The van der Waals surface area contributed by atoms with Gasteiger partial charge < -0.3 is 14.8 Å². The molecule has 1 heterocycles. The van der Waals surface area contributed by atoms with Gasteiger partial charge in [0.2, 0.25) is 5.91 Å². The average Bonchev–Trinajstić information content (AvgIpc) is 2.76. The normalized spacial score (nSPS) is 20.3. The Morgan fingerprint density at radius 2 is 1.97 bits per heavy atom. The summed E-state index contributed by atoms with van der Waals surface area (Å²) in [7, 11) is 0. The zero-order valence-electron chi connectivity index (χ0n) is 18.4. The van der Waals surface area contributed by atoms with Crippen molar-refractivity contribution < 1.29 is 23.5 Å². The number of esters is 1. The number of hydrogen-bond acceptors (Lipinski definition) is 4. The van der Waals surface area contributed by atoms with Crippen molar-refractivity contribution in [3.63, 3.8) is 0 Å². The van der Waals surface area contributed by atoms with E-state index in [4.69, 9.17) is 9.47 Å². The first-order chi connectivity index (χ1) is 15.3. The van der Waals surface area contributed by atoms with E-state index in [9.17, 15) is 14.0 Å². The zero-order valence-corrected chi connectivity index (χ0v) is 20.0. The molecule has 5 nitrogen and oxygen atoms in total. The van der Waals surface area contributed by atoms with Crippen LogP contribution in [0.5, 0.6) is 0 Å². The Labute approximate surface area is 196 Å². The third kappa shape index (κ3) is 6.39. The van der Waals surface area contributed by atoms with Gasteiger partial charge in [-0.25, -0.2) is 4.39 Å². The lowest BCUT2D eigenvalue weighted by Gasteiger charge is -2.44. The van der Waals surface area contributed by atoms with Gasteiger partial charge in [0.05, 0.1) is 16.6 Å². The molecule has 1 fully saturated rings. The lowest BCUT2D eigenvalue weighted by atomic mass is 9.74. The van der Waals surface area contributed by atoms with Gasteiger partial charge in [0.25, 0.3) is 0 Å². The molecule has 1 N–H and O–H groups in total. The molecule has 1 aliphatic rings. The predicted octanol–water partition coefficient (Wildman–Crippen LogP) is 4.81. The number of benzene rings is 2. The zero-order chi connectivity index (χ0) is 23.1. The molecule has 3 atom stereocenters. The Bertz CT molecular complexity index is 939. The van der Waals surface area contributed by atoms with Crippen LogP contribution in [0, 0.1) is 17.7 Å². The molecule has 0 radical (unpaired) electrons. The second kappa shape index (κ2) is 11.1. The smallest absolute Gasteiger partial charge is 0.306 e. The Kier molecular flexibility index (Phi) is 8.43. The van der Waals surface area contributed by atoms with E-state index in [1.165, 1.54) is 0 Å². The molecule has 0 saturated carbocycles. The molecule has 1 aliphatic heterocycles. The van der Waals surface area contributed by atoms with E-state index in [1.807, 2.05) is 44.2 Å². The summed E-state index contributed by atoms with van der Waals surface area (Å²) in [6.45, 7) is 4.50. The number of ether oxygens (including phenoxy) is 2. The van der Waals surface area contributed by atoms with Gasteiger partial charge in [0, 0.05) is 6.42 Å². The first kappa shape index (κ1) is 24.4. The largest absolute Gasteiger partial charge is 0.461 e. The van der Waals surface area contributed by atoms with Crippen LogP contribution < -0.4 is 5.32 Å². The maximum atomic E-state index is 14.6. The summed E-state index contributed by atoms with van der Waals surface area (Å²) in [5, 5.41) is 3.10. The summed E-state index contributed by atoms with van der Waals surface area (Å²) in [5.74, 6) is -0.953. The molecule has 172 valence electrons. The standard InChI is InChI=1S/C25H29BrFNO4/c1-17(11-23(30)32-14-19-7-4-3-5-8-19)13-25(16-31-15-22(29)28-25)18(2)12-20-9-6-10-21(26)24(20)27/h3-10,17-18H,11-16H2,1-2H3,(H,28,29). The van der Waals surface area contributed by atoms with Crippen LogP contribution in [0.25, 0.3) is 0 Å². The number of amides is 1. The second-order valence-corrected chi connectivity index (χ2v) is 9.53. The van der Waals surface area contributed by atoms with Gasteiger partial charge in [-0.05, 0) is 57.8 Å². The Morgan fingerprint density at radius 3 is 2.69 bits per heavy atom. The fourth-order valence-corrected chi connectivity index (χ4v) is 4.67. The first-order valence-corrected chi connectivity index (χ1v) is 11.6. The van der Waals surface area contributed by atoms with Gasteiger partial charge >= 0.3 is 5.97 Å². The molecule has 3 rings (SSSR count). The fraction of sp³-hybridized carbons (Fsp3) is 0.440. The summed E-state index contributed by atoms with van der Waals surface area (Å²) < 4.78 is 26.0. The molecule has 1 saturated heterocycles. The molecule has 7 heteroatoms. The van der Waals surface area contributed by atoms with Crippen LogP contribution in [0.3, 0.4) is 0 Å². The molecule has 0 aliphatic carbocycles. The maximum absolute atomic E-state index is 14.6. The van der Waals surface area contributed by atoms with Crippen molar-refractivity contribution in [1.82, 2.24) is 5.32 Å². The Morgan fingerprint density at radius 1 is 1.22 bits per heavy atom. The summed E-state index contributed by atoms with van der Waals surface area (Å²) in [6.07, 6.45) is 1.18. The lowest BCUT2D eigenvalue weighted by Crippen LogP contribution is -2.61. The fourth-order valence-electron chi connectivity index (χ4n) is 4.26. The van der Waals surface area contributed by atoms with Crippen LogP contribution in [0.4, 0.5) is 4.39 Å².